The van der Waals surface area contributed by atoms with Crippen molar-refractivity contribution in [2.45, 2.75) is 24.2 Å². The van der Waals surface area contributed by atoms with E-state index in [-0.39, 0.29) is 36.2 Å². The Morgan fingerprint density at radius 2 is 1.60 bits per heavy atom. The largest absolute Gasteiger partial charge is 0.508 e. The van der Waals surface area contributed by atoms with Gasteiger partial charge in [0.2, 0.25) is 11.8 Å². The van der Waals surface area contributed by atoms with Crippen LogP contribution in [0.2, 0.25) is 5.02 Å². The Bertz CT molecular complexity index is 2090. The van der Waals surface area contributed by atoms with Gasteiger partial charge >= 0.3 is 0 Å². The van der Waals surface area contributed by atoms with E-state index in [1.165, 1.54) is 48.4 Å². The zero-order valence-electron chi connectivity index (χ0n) is 26.8. The van der Waals surface area contributed by atoms with Crippen LogP contribution in [0, 0.1) is 29.5 Å². The molecule has 2 saturated heterocycles. The van der Waals surface area contributed by atoms with Crippen LogP contribution < -0.4 is 15.1 Å². The molecule has 1 saturated carbocycles. The molecule has 0 spiro atoms. The van der Waals surface area contributed by atoms with Gasteiger partial charge in [-0.15, -0.1) is 0 Å². The van der Waals surface area contributed by atoms with E-state index in [1.54, 1.807) is 54.6 Å². The summed E-state index contributed by atoms with van der Waals surface area (Å²) in [5.41, 5.74) is 3.95. The van der Waals surface area contributed by atoms with Crippen molar-refractivity contribution in [1.29, 1.82) is 0 Å². The third-order valence-corrected chi connectivity index (χ3v) is 11.1. The van der Waals surface area contributed by atoms with E-state index in [1.807, 2.05) is 12.1 Å². The topological polar surface area (TPSA) is 116 Å². The molecule has 2 N–H and O–H groups in total. The van der Waals surface area contributed by atoms with Gasteiger partial charge in [-0.05, 0) is 78.9 Å². The maximum atomic E-state index is 15.2. The highest BCUT2D eigenvalue weighted by Crippen LogP contribution is 2.65. The van der Waals surface area contributed by atoms with Crippen molar-refractivity contribution in [3.63, 3.8) is 0 Å². The van der Waals surface area contributed by atoms with Crippen LogP contribution in [0.15, 0.2) is 109 Å². The van der Waals surface area contributed by atoms with E-state index < -0.39 is 52.6 Å². The molecule has 2 aliphatic carbocycles. The molecule has 8 rings (SSSR count). The Morgan fingerprint density at radius 1 is 0.880 bits per heavy atom. The first-order valence-corrected chi connectivity index (χ1v) is 16.7. The first-order valence-electron chi connectivity index (χ1n) is 16.3. The molecule has 4 aromatic carbocycles. The number of halogens is 2. The fourth-order valence-electron chi connectivity index (χ4n) is 8.77. The maximum absolute atomic E-state index is 15.2. The highest BCUT2D eigenvalue weighted by molar-refractivity contribution is 6.30. The highest BCUT2D eigenvalue weighted by Gasteiger charge is 2.70. The summed E-state index contributed by atoms with van der Waals surface area (Å²) in [5.74, 6) is -5.89. The van der Waals surface area contributed by atoms with Gasteiger partial charge in [-0.2, -0.15) is 5.01 Å². The van der Waals surface area contributed by atoms with E-state index in [0.717, 1.165) is 10.6 Å². The van der Waals surface area contributed by atoms with Crippen LogP contribution in [0.5, 0.6) is 11.5 Å². The van der Waals surface area contributed by atoms with Gasteiger partial charge in [0.05, 0.1) is 41.7 Å². The van der Waals surface area contributed by atoms with Crippen LogP contribution in [0.1, 0.15) is 29.9 Å². The second kappa shape index (κ2) is 11.8. The number of hydrazine groups is 1. The minimum Gasteiger partial charge on any atom is -0.508 e. The Balaban J connectivity index is 1.35. The number of allylic oxidation sites excluding steroid dienone is 2. The molecule has 50 heavy (non-hydrogen) atoms. The fraction of sp³-hybridized carbons (Fsp3) is 0.231. The second-order valence-corrected chi connectivity index (χ2v) is 13.6. The number of amides is 4. The zero-order valence-corrected chi connectivity index (χ0v) is 27.5. The molecule has 2 aliphatic heterocycles. The second-order valence-electron chi connectivity index (χ2n) is 13.1. The minimum absolute atomic E-state index is 0.0590. The maximum Gasteiger partial charge on any atom is 0.260 e. The average Bonchev–Trinajstić information content (AvgIpc) is 3.50. The smallest absolute Gasteiger partial charge is 0.260 e. The summed E-state index contributed by atoms with van der Waals surface area (Å²) in [7, 11) is 1.46. The van der Waals surface area contributed by atoms with Crippen molar-refractivity contribution < 1.29 is 33.4 Å². The van der Waals surface area contributed by atoms with Gasteiger partial charge in [0.25, 0.3) is 11.8 Å². The molecule has 11 heteroatoms. The number of fused-ring (bicyclic) bond motifs is 4. The summed E-state index contributed by atoms with van der Waals surface area (Å²) in [4.78, 5) is 59.5. The number of anilines is 2. The Labute approximate surface area is 291 Å². The fourth-order valence-corrected chi connectivity index (χ4v) is 8.90. The van der Waals surface area contributed by atoms with Gasteiger partial charge in [-0.1, -0.05) is 59.6 Å². The number of carbonyl (C=O) groups is 4. The number of nitrogens with zero attached hydrogens (tertiary/aromatic N) is 2. The van der Waals surface area contributed by atoms with Crippen LogP contribution >= 0.6 is 11.6 Å². The van der Waals surface area contributed by atoms with Crippen molar-refractivity contribution in [3.05, 3.63) is 131 Å². The number of hydrogen-bond donors (Lipinski definition) is 2. The summed E-state index contributed by atoms with van der Waals surface area (Å²) in [6.45, 7) is 0. The van der Waals surface area contributed by atoms with Crippen LogP contribution in [0.3, 0.4) is 0 Å². The molecule has 4 amide bonds. The third kappa shape index (κ3) is 4.58. The van der Waals surface area contributed by atoms with Crippen molar-refractivity contribution in [3.8, 4) is 11.5 Å². The first kappa shape index (κ1) is 31.8. The van der Waals surface area contributed by atoms with Crippen molar-refractivity contribution in [2.75, 3.05) is 17.4 Å². The Kier molecular flexibility index (Phi) is 7.52. The van der Waals surface area contributed by atoms with Gasteiger partial charge in [-0.25, -0.2) is 4.39 Å². The van der Waals surface area contributed by atoms with E-state index >= 15 is 4.79 Å². The first-order chi connectivity index (χ1) is 24.1. The third-order valence-electron chi connectivity index (χ3n) is 10.8. The standard InChI is InChI=1S/C39H31ClFN3O6/c1-50-32-19-26(45)15-16-28(32)34-27-17-18-29-33(37(48)43(35(29)46)25-5-3-2-4-6-25)30(27)20-31-36(47)44(42-24-13-11-23(41)12-14-24)38(49)39(31,34)21-7-9-22(40)10-8-21/h2-17,19,29-31,33-34,42,45H,18,20H2,1H3/t29-,30+,31-,33-,34+,39+/m0/s1. The van der Waals surface area contributed by atoms with Crippen molar-refractivity contribution >= 4 is 46.6 Å². The quantitative estimate of drug-likeness (QED) is 0.178. The zero-order chi connectivity index (χ0) is 34.9. The van der Waals surface area contributed by atoms with Crippen molar-refractivity contribution in [1.82, 2.24) is 5.01 Å². The molecule has 2 heterocycles. The number of phenols is 1. The predicted molar refractivity (Wildman–Crippen MR) is 183 cm³/mol. The van der Waals surface area contributed by atoms with Crippen LogP contribution in [0.25, 0.3) is 0 Å². The lowest BCUT2D eigenvalue weighted by atomic mass is 9.49. The van der Waals surface area contributed by atoms with Gasteiger partial charge in [0, 0.05) is 22.6 Å². The molecular weight excluding hydrogens is 661 g/mol. The number of rotatable bonds is 6. The van der Waals surface area contributed by atoms with Gasteiger partial charge in [0.1, 0.15) is 17.3 Å². The monoisotopic (exact) mass is 691 g/mol. The average molecular weight is 692 g/mol. The van der Waals surface area contributed by atoms with Crippen molar-refractivity contribution in [2.24, 2.45) is 23.7 Å². The minimum atomic E-state index is -1.57. The number of phenolic OH excluding ortho intramolecular Hbond substituents is 1. The van der Waals surface area contributed by atoms with Gasteiger partial charge in [0.15, 0.2) is 0 Å². The van der Waals surface area contributed by atoms with Crippen LogP contribution in [0.4, 0.5) is 15.8 Å². The molecule has 4 aromatic rings. The van der Waals surface area contributed by atoms with E-state index in [4.69, 9.17) is 16.3 Å². The number of imide groups is 2. The number of para-hydroxylation sites is 1. The number of methoxy groups -OCH3 is 1. The number of carbonyl (C=O) groups excluding carboxylic acids is 4. The SMILES string of the molecule is COc1cc(O)ccc1[C@H]1C2=CC[C@@H]3C(=O)N(c4ccccc4)C(=O)[C@@H]3[C@@H]2C[C@H]2C(=O)N(Nc3ccc(F)cc3)C(=O)[C@@]12c1ccc(Cl)cc1. The van der Waals surface area contributed by atoms with Gasteiger partial charge in [-0.3, -0.25) is 29.5 Å². The molecule has 252 valence electrons. The number of ether oxygens (including phenoxy) is 1. The molecule has 0 unspecified atom stereocenters. The summed E-state index contributed by atoms with van der Waals surface area (Å²) in [5, 5.41) is 11.9. The van der Waals surface area contributed by atoms with E-state index in [2.05, 4.69) is 5.43 Å². The molecule has 0 aromatic heterocycles. The summed E-state index contributed by atoms with van der Waals surface area (Å²) in [6, 6.07) is 25.5. The molecular formula is C39H31ClFN3O6. The molecule has 3 fully saturated rings. The summed E-state index contributed by atoms with van der Waals surface area (Å²) in [6.07, 6.45) is 2.30. The number of benzene rings is 4. The molecule has 6 atom stereocenters. The normalized spacial score (nSPS) is 27.1. The van der Waals surface area contributed by atoms with Crippen LogP contribution in [-0.4, -0.2) is 40.9 Å². The molecule has 9 nitrogen and oxygen atoms in total. The molecule has 0 radical (unpaired) electrons. The predicted octanol–water partition coefficient (Wildman–Crippen LogP) is 6.38. The lowest BCUT2D eigenvalue weighted by Crippen LogP contribution is -2.53. The number of hydrogen-bond acceptors (Lipinski definition) is 7. The summed E-state index contributed by atoms with van der Waals surface area (Å²) >= 11 is 6.35. The molecule has 0 bridgehead atoms. The highest BCUT2D eigenvalue weighted by atomic mass is 35.5. The Hall–Kier alpha value is -5.48. The number of nitrogens with one attached hydrogen (secondary N) is 1. The molecule has 4 aliphatic rings. The van der Waals surface area contributed by atoms with E-state index in [9.17, 15) is 23.9 Å². The Morgan fingerprint density at radius 3 is 2.30 bits per heavy atom. The van der Waals surface area contributed by atoms with Gasteiger partial charge < -0.3 is 9.84 Å². The van der Waals surface area contributed by atoms with Crippen LogP contribution in [-0.2, 0) is 24.6 Å². The summed E-state index contributed by atoms with van der Waals surface area (Å²) < 4.78 is 19.6. The lowest BCUT2D eigenvalue weighted by Gasteiger charge is -2.50. The lowest BCUT2D eigenvalue weighted by molar-refractivity contribution is -0.138. The number of aromatic hydroxyl groups is 1. The van der Waals surface area contributed by atoms with E-state index in [0.29, 0.717) is 27.5 Å².